The summed E-state index contributed by atoms with van der Waals surface area (Å²) in [7, 11) is 3.05. The van der Waals surface area contributed by atoms with E-state index in [1.54, 1.807) is 30.2 Å². The molecule has 1 N–H and O–H groups in total. The molecular formula is C20H27N3O4S. The van der Waals surface area contributed by atoms with E-state index < -0.39 is 0 Å². The van der Waals surface area contributed by atoms with Gasteiger partial charge in [0.1, 0.15) is 18.0 Å². The predicted octanol–water partition coefficient (Wildman–Crippen LogP) is 3.66. The summed E-state index contributed by atoms with van der Waals surface area (Å²) in [4.78, 5) is 32.7. The molecule has 152 valence electrons. The average Bonchev–Trinajstić information content (AvgIpc) is 3.01. The molecule has 0 aliphatic rings. The first-order valence-electron chi connectivity index (χ1n) is 9.07. The molecule has 2 amide bonds. The second-order valence-electron chi connectivity index (χ2n) is 6.47. The summed E-state index contributed by atoms with van der Waals surface area (Å²) in [6, 6.07) is 4.89. The van der Waals surface area contributed by atoms with Crippen LogP contribution in [0.2, 0.25) is 0 Å². The van der Waals surface area contributed by atoms with Crippen molar-refractivity contribution in [1.82, 2.24) is 9.88 Å². The summed E-state index contributed by atoms with van der Waals surface area (Å²) in [6.07, 6.45) is 0.715. The number of thiazole rings is 1. The van der Waals surface area contributed by atoms with Gasteiger partial charge in [0.05, 0.1) is 25.5 Å². The summed E-state index contributed by atoms with van der Waals surface area (Å²) in [5.41, 5.74) is 1.27. The van der Waals surface area contributed by atoms with Crippen LogP contribution in [0.3, 0.4) is 0 Å². The van der Waals surface area contributed by atoms with Gasteiger partial charge in [0.2, 0.25) is 5.91 Å². The maximum absolute atomic E-state index is 13.2. The minimum atomic E-state index is -0.283. The number of methoxy groups -OCH3 is 2. The van der Waals surface area contributed by atoms with E-state index >= 15 is 0 Å². The Morgan fingerprint density at radius 2 is 1.96 bits per heavy atom. The second-order valence-corrected chi connectivity index (χ2v) is 7.67. The first kappa shape index (κ1) is 21.7. The van der Waals surface area contributed by atoms with E-state index in [-0.39, 0.29) is 24.4 Å². The second kappa shape index (κ2) is 9.54. The van der Waals surface area contributed by atoms with Gasteiger partial charge in [-0.25, -0.2) is 4.98 Å². The van der Waals surface area contributed by atoms with Crippen LogP contribution in [0, 0.1) is 13.8 Å². The van der Waals surface area contributed by atoms with Crippen molar-refractivity contribution >= 4 is 28.3 Å². The summed E-state index contributed by atoms with van der Waals surface area (Å²) in [5.74, 6) is 0.449. The fraction of sp³-hybridized carbons (Fsp3) is 0.450. The van der Waals surface area contributed by atoms with Crippen molar-refractivity contribution in [2.45, 2.75) is 40.2 Å². The van der Waals surface area contributed by atoms with Crippen molar-refractivity contribution in [3.05, 3.63) is 34.3 Å². The number of carbonyl (C=O) groups is 2. The number of rotatable bonds is 8. The average molecular weight is 406 g/mol. The zero-order valence-corrected chi connectivity index (χ0v) is 18.0. The molecule has 0 fully saturated rings. The van der Waals surface area contributed by atoms with Crippen molar-refractivity contribution in [3.63, 3.8) is 0 Å². The van der Waals surface area contributed by atoms with Crippen LogP contribution in [-0.4, -0.2) is 48.5 Å². The Labute approximate surface area is 169 Å². The van der Waals surface area contributed by atoms with Crippen molar-refractivity contribution in [1.29, 1.82) is 0 Å². The number of ether oxygens (including phenoxy) is 2. The lowest BCUT2D eigenvalue weighted by Crippen LogP contribution is -2.43. The zero-order valence-electron chi connectivity index (χ0n) is 17.2. The molecule has 1 atom stereocenters. The van der Waals surface area contributed by atoms with Gasteiger partial charge in [-0.3, -0.25) is 9.59 Å². The van der Waals surface area contributed by atoms with Gasteiger partial charge in [0.25, 0.3) is 5.91 Å². The highest BCUT2D eigenvalue weighted by atomic mass is 32.1. The molecule has 7 nitrogen and oxygen atoms in total. The zero-order chi connectivity index (χ0) is 20.8. The number of aryl methyl sites for hydroxylation is 2. The number of carbonyl (C=O) groups excluding carboxylic acids is 2. The minimum absolute atomic E-state index is 0.0688. The summed E-state index contributed by atoms with van der Waals surface area (Å²) in [6.45, 7) is 7.67. The summed E-state index contributed by atoms with van der Waals surface area (Å²) < 4.78 is 10.5. The Morgan fingerprint density at radius 1 is 1.25 bits per heavy atom. The SMILES string of the molecule is CC[C@@H](C)N(CC(=O)Nc1nc(C)c(C)s1)C(=O)c1ccc(OC)cc1OC. The lowest BCUT2D eigenvalue weighted by molar-refractivity contribution is -0.117. The molecular weight excluding hydrogens is 378 g/mol. The first-order valence-corrected chi connectivity index (χ1v) is 9.89. The molecule has 0 saturated heterocycles. The molecule has 0 spiro atoms. The van der Waals surface area contributed by atoms with Gasteiger partial charge in [-0.1, -0.05) is 6.92 Å². The number of hydrogen-bond acceptors (Lipinski definition) is 6. The van der Waals surface area contributed by atoms with Crippen molar-refractivity contribution in [2.24, 2.45) is 0 Å². The Balaban J connectivity index is 2.23. The van der Waals surface area contributed by atoms with E-state index in [9.17, 15) is 9.59 Å². The van der Waals surface area contributed by atoms with Crippen LogP contribution < -0.4 is 14.8 Å². The number of anilines is 1. The van der Waals surface area contributed by atoms with Crippen molar-refractivity contribution in [2.75, 3.05) is 26.1 Å². The molecule has 1 heterocycles. The van der Waals surface area contributed by atoms with E-state index in [0.29, 0.717) is 28.6 Å². The number of hydrogen-bond donors (Lipinski definition) is 1. The van der Waals surface area contributed by atoms with E-state index in [2.05, 4.69) is 10.3 Å². The summed E-state index contributed by atoms with van der Waals surface area (Å²) >= 11 is 1.42. The molecule has 0 radical (unpaired) electrons. The Kier molecular flexibility index (Phi) is 7.39. The fourth-order valence-electron chi connectivity index (χ4n) is 2.62. The van der Waals surface area contributed by atoms with Gasteiger partial charge in [-0.05, 0) is 39.3 Å². The molecule has 28 heavy (non-hydrogen) atoms. The third-order valence-electron chi connectivity index (χ3n) is 4.61. The fourth-order valence-corrected chi connectivity index (χ4v) is 3.45. The largest absolute Gasteiger partial charge is 0.497 e. The lowest BCUT2D eigenvalue weighted by atomic mass is 10.1. The third kappa shape index (κ3) is 5.01. The van der Waals surface area contributed by atoms with E-state index in [4.69, 9.17) is 9.47 Å². The standard InChI is InChI=1S/C20H27N3O4S/c1-7-12(2)23(11-18(24)22-20-21-13(3)14(4)28-20)19(25)16-9-8-15(26-5)10-17(16)27-6/h8-10,12H,7,11H2,1-6H3,(H,21,22,24)/t12-/m1/s1. The maximum atomic E-state index is 13.2. The number of amides is 2. The molecule has 8 heteroatoms. The van der Waals surface area contributed by atoms with Crippen LogP contribution in [0.25, 0.3) is 0 Å². The van der Waals surface area contributed by atoms with Crippen LogP contribution >= 0.6 is 11.3 Å². The van der Waals surface area contributed by atoms with Gasteiger partial charge in [-0.2, -0.15) is 0 Å². The minimum Gasteiger partial charge on any atom is -0.497 e. The predicted molar refractivity (Wildman–Crippen MR) is 111 cm³/mol. The van der Waals surface area contributed by atoms with Crippen LogP contribution in [-0.2, 0) is 4.79 Å². The molecule has 0 aliphatic carbocycles. The number of nitrogens with one attached hydrogen (secondary N) is 1. The highest BCUT2D eigenvalue weighted by Gasteiger charge is 2.26. The molecule has 1 aromatic heterocycles. The Hall–Kier alpha value is -2.61. The number of nitrogens with zero attached hydrogens (tertiary/aromatic N) is 2. The first-order chi connectivity index (χ1) is 13.3. The molecule has 0 unspecified atom stereocenters. The molecule has 2 aromatic rings. The molecule has 0 aliphatic heterocycles. The Bertz CT molecular complexity index is 830. The third-order valence-corrected chi connectivity index (χ3v) is 5.60. The molecule has 2 rings (SSSR count). The highest BCUT2D eigenvalue weighted by Crippen LogP contribution is 2.27. The van der Waals surface area contributed by atoms with Crippen molar-refractivity contribution < 1.29 is 19.1 Å². The Morgan fingerprint density at radius 3 is 2.50 bits per heavy atom. The van der Waals surface area contributed by atoms with Gasteiger partial charge in [0, 0.05) is 17.0 Å². The van der Waals surface area contributed by atoms with E-state index in [1.807, 2.05) is 27.7 Å². The van der Waals surface area contributed by atoms with Gasteiger partial charge >= 0.3 is 0 Å². The molecule has 0 bridgehead atoms. The van der Waals surface area contributed by atoms with Gasteiger partial charge < -0.3 is 19.7 Å². The monoisotopic (exact) mass is 405 g/mol. The van der Waals surface area contributed by atoms with Gasteiger partial charge in [-0.15, -0.1) is 11.3 Å². The number of benzene rings is 1. The van der Waals surface area contributed by atoms with Gasteiger partial charge in [0.15, 0.2) is 5.13 Å². The van der Waals surface area contributed by atoms with Crippen LogP contribution in [0.1, 0.15) is 41.2 Å². The smallest absolute Gasteiger partial charge is 0.258 e. The molecule has 1 aromatic carbocycles. The topological polar surface area (TPSA) is 80.8 Å². The van der Waals surface area contributed by atoms with E-state index in [0.717, 1.165) is 10.6 Å². The van der Waals surface area contributed by atoms with Crippen molar-refractivity contribution in [3.8, 4) is 11.5 Å². The van der Waals surface area contributed by atoms with E-state index in [1.165, 1.54) is 18.4 Å². The number of aromatic nitrogens is 1. The van der Waals surface area contributed by atoms with Crippen LogP contribution in [0.5, 0.6) is 11.5 Å². The lowest BCUT2D eigenvalue weighted by Gasteiger charge is -2.28. The highest BCUT2D eigenvalue weighted by molar-refractivity contribution is 7.15. The summed E-state index contributed by atoms with van der Waals surface area (Å²) in [5, 5.41) is 3.33. The van der Waals surface area contributed by atoms with Crippen LogP contribution in [0.15, 0.2) is 18.2 Å². The normalized spacial score (nSPS) is 11.6. The molecule has 0 saturated carbocycles. The van der Waals surface area contributed by atoms with Crippen LogP contribution in [0.4, 0.5) is 5.13 Å². The quantitative estimate of drug-likeness (QED) is 0.725. The maximum Gasteiger partial charge on any atom is 0.258 e.